The summed E-state index contributed by atoms with van der Waals surface area (Å²) >= 11 is 0. The van der Waals surface area contributed by atoms with Crippen molar-refractivity contribution in [3.8, 4) is 0 Å². The van der Waals surface area contributed by atoms with E-state index < -0.39 is 0 Å². The molecule has 5 nitrogen and oxygen atoms in total. The summed E-state index contributed by atoms with van der Waals surface area (Å²) in [5, 5.41) is 7.33. The highest BCUT2D eigenvalue weighted by atomic mass is 16.5. The SMILES string of the molecule is COC1(c2noc(CNC(C)C)n2)CCCC1. The van der Waals surface area contributed by atoms with E-state index in [-0.39, 0.29) is 5.60 Å². The summed E-state index contributed by atoms with van der Waals surface area (Å²) in [6.45, 7) is 4.79. The molecule has 0 atom stereocenters. The summed E-state index contributed by atoms with van der Waals surface area (Å²) in [6, 6.07) is 0.410. The van der Waals surface area contributed by atoms with Gasteiger partial charge in [-0.2, -0.15) is 4.98 Å². The predicted octanol–water partition coefficient (Wildman–Crippen LogP) is 1.98. The number of nitrogens with one attached hydrogen (secondary N) is 1. The maximum atomic E-state index is 5.62. The van der Waals surface area contributed by atoms with Crippen LogP contribution in [0.15, 0.2) is 4.52 Å². The van der Waals surface area contributed by atoms with Gasteiger partial charge in [-0.15, -0.1) is 0 Å². The number of hydrogen-bond donors (Lipinski definition) is 1. The lowest BCUT2D eigenvalue weighted by Crippen LogP contribution is -2.26. The van der Waals surface area contributed by atoms with Gasteiger partial charge in [-0.3, -0.25) is 0 Å². The fourth-order valence-electron chi connectivity index (χ4n) is 2.27. The van der Waals surface area contributed by atoms with Gasteiger partial charge in [0.25, 0.3) is 0 Å². The predicted molar refractivity (Wildman–Crippen MR) is 63.4 cm³/mol. The summed E-state index contributed by atoms with van der Waals surface area (Å²) in [7, 11) is 1.73. The molecule has 0 radical (unpaired) electrons. The monoisotopic (exact) mass is 239 g/mol. The Morgan fingerprint density at radius 2 is 2.12 bits per heavy atom. The minimum Gasteiger partial charge on any atom is -0.370 e. The highest BCUT2D eigenvalue weighted by Gasteiger charge is 2.40. The summed E-state index contributed by atoms with van der Waals surface area (Å²) in [5.41, 5.74) is -0.306. The molecule has 2 rings (SSSR count). The van der Waals surface area contributed by atoms with Gasteiger partial charge in [0.15, 0.2) is 0 Å². The van der Waals surface area contributed by atoms with Gasteiger partial charge >= 0.3 is 0 Å². The first kappa shape index (κ1) is 12.5. The van der Waals surface area contributed by atoms with Gasteiger partial charge in [0.1, 0.15) is 5.60 Å². The number of rotatable bonds is 5. The van der Waals surface area contributed by atoms with E-state index >= 15 is 0 Å². The van der Waals surface area contributed by atoms with Crippen LogP contribution in [0.1, 0.15) is 51.2 Å². The third kappa shape index (κ3) is 2.66. The van der Waals surface area contributed by atoms with Gasteiger partial charge in [0.2, 0.25) is 11.7 Å². The molecule has 1 heterocycles. The molecule has 1 aromatic heterocycles. The van der Waals surface area contributed by atoms with Crippen LogP contribution in [0.25, 0.3) is 0 Å². The first-order valence-corrected chi connectivity index (χ1v) is 6.28. The lowest BCUT2D eigenvalue weighted by molar-refractivity contribution is -0.0178. The minimum absolute atomic E-state index is 0.306. The molecule has 96 valence electrons. The largest absolute Gasteiger partial charge is 0.370 e. The molecule has 1 aliphatic rings. The molecule has 1 fully saturated rings. The van der Waals surface area contributed by atoms with Crippen molar-refractivity contribution in [3.63, 3.8) is 0 Å². The quantitative estimate of drug-likeness (QED) is 0.851. The normalized spacial score (nSPS) is 19.1. The van der Waals surface area contributed by atoms with E-state index in [0.717, 1.165) is 12.8 Å². The van der Waals surface area contributed by atoms with Crippen molar-refractivity contribution in [1.82, 2.24) is 15.5 Å². The second kappa shape index (κ2) is 5.14. The van der Waals surface area contributed by atoms with Crippen LogP contribution >= 0.6 is 0 Å². The lowest BCUT2D eigenvalue weighted by Gasteiger charge is -2.22. The zero-order chi connectivity index (χ0) is 12.3. The van der Waals surface area contributed by atoms with E-state index in [9.17, 15) is 0 Å². The van der Waals surface area contributed by atoms with Crippen LogP contribution in [0.3, 0.4) is 0 Å². The molecular weight excluding hydrogens is 218 g/mol. The van der Waals surface area contributed by atoms with Crippen LogP contribution in [0, 0.1) is 0 Å². The Morgan fingerprint density at radius 3 is 2.71 bits per heavy atom. The fraction of sp³-hybridized carbons (Fsp3) is 0.833. The fourth-order valence-corrected chi connectivity index (χ4v) is 2.27. The van der Waals surface area contributed by atoms with E-state index in [1.165, 1.54) is 12.8 Å². The minimum atomic E-state index is -0.306. The van der Waals surface area contributed by atoms with Gasteiger partial charge in [-0.25, -0.2) is 0 Å². The van der Waals surface area contributed by atoms with Gasteiger partial charge in [-0.1, -0.05) is 19.0 Å². The molecule has 0 bridgehead atoms. The molecule has 0 aromatic carbocycles. The highest BCUT2D eigenvalue weighted by molar-refractivity contribution is 5.04. The Hall–Kier alpha value is -0.940. The Bertz CT molecular complexity index is 356. The van der Waals surface area contributed by atoms with E-state index in [1.54, 1.807) is 7.11 Å². The average Bonchev–Trinajstić information content (AvgIpc) is 2.96. The molecule has 0 aliphatic heterocycles. The van der Waals surface area contributed by atoms with Crippen molar-refractivity contribution in [1.29, 1.82) is 0 Å². The smallest absolute Gasteiger partial charge is 0.240 e. The van der Waals surface area contributed by atoms with Crippen LogP contribution in [0.2, 0.25) is 0 Å². The topological polar surface area (TPSA) is 60.2 Å². The zero-order valence-electron chi connectivity index (χ0n) is 10.8. The Kier molecular flexibility index (Phi) is 3.79. The Labute approximate surface area is 102 Å². The summed E-state index contributed by atoms with van der Waals surface area (Å²) in [6.07, 6.45) is 4.31. The molecule has 0 saturated heterocycles. The van der Waals surface area contributed by atoms with Crippen LogP contribution in [0.4, 0.5) is 0 Å². The lowest BCUT2D eigenvalue weighted by atomic mass is 10.0. The van der Waals surface area contributed by atoms with Crippen molar-refractivity contribution in [2.24, 2.45) is 0 Å². The summed E-state index contributed by atoms with van der Waals surface area (Å²) in [4.78, 5) is 4.44. The van der Waals surface area contributed by atoms with Crippen molar-refractivity contribution in [2.45, 2.75) is 57.7 Å². The molecule has 0 amide bonds. The molecule has 1 aliphatic carbocycles. The van der Waals surface area contributed by atoms with E-state index in [4.69, 9.17) is 9.26 Å². The summed E-state index contributed by atoms with van der Waals surface area (Å²) < 4.78 is 10.9. The van der Waals surface area contributed by atoms with Gasteiger partial charge < -0.3 is 14.6 Å². The molecule has 1 N–H and O–H groups in total. The van der Waals surface area contributed by atoms with E-state index in [1.807, 2.05) is 0 Å². The molecule has 1 aromatic rings. The third-order valence-corrected chi connectivity index (χ3v) is 3.34. The van der Waals surface area contributed by atoms with E-state index in [2.05, 4.69) is 29.3 Å². The number of methoxy groups -OCH3 is 1. The standard InChI is InChI=1S/C12H21N3O2/c1-9(2)13-8-10-14-11(15-17-10)12(16-3)6-4-5-7-12/h9,13H,4-8H2,1-3H3. The zero-order valence-corrected chi connectivity index (χ0v) is 10.8. The van der Waals surface area contributed by atoms with E-state index in [0.29, 0.717) is 24.3 Å². The molecule has 5 heteroatoms. The van der Waals surface area contributed by atoms with Crippen LogP contribution in [-0.2, 0) is 16.9 Å². The molecule has 0 unspecified atom stereocenters. The number of nitrogens with zero attached hydrogens (tertiary/aromatic N) is 2. The van der Waals surface area contributed by atoms with Gasteiger partial charge in [0, 0.05) is 13.2 Å². The van der Waals surface area contributed by atoms with Crippen LogP contribution in [-0.4, -0.2) is 23.3 Å². The van der Waals surface area contributed by atoms with Crippen molar-refractivity contribution in [2.75, 3.05) is 7.11 Å². The first-order valence-electron chi connectivity index (χ1n) is 6.28. The van der Waals surface area contributed by atoms with Crippen molar-refractivity contribution < 1.29 is 9.26 Å². The first-order chi connectivity index (χ1) is 8.16. The maximum Gasteiger partial charge on any atom is 0.240 e. The maximum absolute atomic E-state index is 5.62. The van der Waals surface area contributed by atoms with Crippen molar-refractivity contribution in [3.05, 3.63) is 11.7 Å². The Balaban J connectivity index is 2.06. The molecular formula is C12H21N3O2. The number of ether oxygens (including phenoxy) is 1. The van der Waals surface area contributed by atoms with Crippen LogP contribution in [0.5, 0.6) is 0 Å². The molecule has 0 spiro atoms. The highest BCUT2D eigenvalue weighted by Crippen LogP contribution is 2.39. The van der Waals surface area contributed by atoms with Gasteiger partial charge in [-0.05, 0) is 25.7 Å². The molecule has 17 heavy (non-hydrogen) atoms. The second-order valence-electron chi connectivity index (χ2n) is 4.95. The average molecular weight is 239 g/mol. The summed E-state index contributed by atoms with van der Waals surface area (Å²) in [5.74, 6) is 1.34. The van der Waals surface area contributed by atoms with Gasteiger partial charge in [0.05, 0.1) is 6.54 Å². The molecule has 1 saturated carbocycles. The third-order valence-electron chi connectivity index (χ3n) is 3.34. The number of hydrogen-bond acceptors (Lipinski definition) is 5. The van der Waals surface area contributed by atoms with Crippen LogP contribution < -0.4 is 5.32 Å². The van der Waals surface area contributed by atoms with Crippen molar-refractivity contribution >= 4 is 0 Å². The second-order valence-corrected chi connectivity index (χ2v) is 4.95. The number of aromatic nitrogens is 2. The Morgan fingerprint density at radius 1 is 1.41 bits per heavy atom.